The largest absolute Gasteiger partial charge is 0.372 e. The van der Waals surface area contributed by atoms with Gasteiger partial charge >= 0.3 is 0 Å². The Balaban J connectivity index is 1.44. The normalized spacial score (nSPS) is 14.0. The molecule has 1 aliphatic rings. The number of anilines is 5. The van der Waals surface area contributed by atoms with Crippen molar-refractivity contribution in [2.45, 2.75) is 32.6 Å². The highest BCUT2D eigenvalue weighted by atomic mass is 15.1. The number of para-hydroxylation sites is 1. The number of aryl methyl sites for hydroxylation is 1. The molecule has 0 saturated carbocycles. The Bertz CT molecular complexity index is 901. The van der Waals surface area contributed by atoms with Crippen LogP contribution in [0.5, 0.6) is 0 Å². The molecule has 5 heteroatoms. The number of hydrogen-bond acceptors (Lipinski definition) is 5. The van der Waals surface area contributed by atoms with E-state index in [0.29, 0.717) is 5.95 Å². The quantitative estimate of drug-likeness (QED) is 0.596. The molecule has 0 amide bonds. The Hall–Kier alpha value is -3.08. The standard InChI is InChI=1S/C23H27N5/c1-2-18-8-4-5-9-21(18)26-23-24-15-14-22(27-23)25-19-10-12-20(13-11-19)28-16-6-3-7-17-28/h4-5,8-15H,2-3,6-7,16-17H2,1H3,(H2,24,25,26,27). The summed E-state index contributed by atoms with van der Waals surface area (Å²) in [5.74, 6) is 1.37. The lowest BCUT2D eigenvalue weighted by atomic mass is 10.1. The molecule has 2 N–H and O–H groups in total. The van der Waals surface area contributed by atoms with Crippen molar-refractivity contribution in [1.82, 2.24) is 9.97 Å². The van der Waals surface area contributed by atoms with Crippen LogP contribution in [-0.4, -0.2) is 23.1 Å². The topological polar surface area (TPSA) is 53.1 Å². The predicted molar refractivity (Wildman–Crippen MR) is 117 cm³/mol. The minimum Gasteiger partial charge on any atom is -0.372 e. The van der Waals surface area contributed by atoms with E-state index < -0.39 is 0 Å². The fourth-order valence-electron chi connectivity index (χ4n) is 3.62. The molecule has 0 atom stereocenters. The van der Waals surface area contributed by atoms with Gasteiger partial charge in [0.2, 0.25) is 5.95 Å². The van der Waals surface area contributed by atoms with E-state index in [1.54, 1.807) is 6.20 Å². The first-order chi connectivity index (χ1) is 13.8. The molecule has 2 heterocycles. The average Bonchev–Trinajstić information content (AvgIpc) is 2.76. The SMILES string of the molecule is CCc1ccccc1Nc1nccc(Nc2ccc(N3CCCCC3)cc2)n1. The zero-order valence-electron chi connectivity index (χ0n) is 16.4. The first kappa shape index (κ1) is 18.3. The molecule has 0 spiro atoms. The molecule has 1 aliphatic heterocycles. The second kappa shape index (κ2) is 8.74. The zero-order valence-corrected chi connectivity index (χ0v) is 16.4. The highest BCUT2D eigenvalue weighted by Gasteiger charge is 2.10. The van der Waals surface area contributed by atoms with E-state index in [2.05, 4.69) is 74.9 Å². The van der Waals surface area contributed by atoms with Crippen molar-refractivity contribution in [3.63, 3.8) is 0 Å². The summed E-state index contributed by atoms with van der Waals surface area (Å²) in [5, 5.41) is 6.71. The van der Waals surface area contributed by atoms with Crippen LogP contribution in [0.25, 0.3) is 0 Å². The number of nitrogens with one attached hydrogen (secondary N) is 2. The molecule has 0 radical (unpaired) electrons. The highest BCUT2D eigenvalue weighted by Crippen LogP contribution is 2.24. The maximum atomic E-state index is 4.61. The Morgan fingerprint density at radius 3 is 2.46 bits per heavy atom. The summed E-state index contributed by atoms with van der Waals surface area (Å²) in [4.78, 5) is 11.4. The average molecular weight is 374 g/mol. The second-order valence-corrected chi connectivity index (χ2v) is 7.12. The molecule has 28 heavy (non-hydrogen) atoms. The van der Waals surface area contributed by atoms with Crippen LogP contribution >= 0.6 is 0 Å². The third-order valence-electron chi connectivity index (χ3n) is 5.16. The molecule has 144 valence electrons. The molecular formula is C23H27N5. The van der Waals surface area contributed by atoms with E-state index in [-0.39, 0.29) is 0 Å². The number of nitrogens with zero attached hydrogens (tertiary/aromatic N) is 3. The molecule has 1 aromatic heterocycles. The van der Waals surface area contributed by atoms with Crippen molar-refractivity contribution in [3.8, 4) is 0 Å². The van der Waals surface area contributed by atoms with Crippen LogP contribution in [0.3, 0.4) is 0 Å². The summed E-state index contributed by atoms with van der Waals surface area (Å²) in [6.07, 6.45) is 6.66. The van der Waals surface area contributed by atoms with Crippen LogP contribution in [-0.2, 0) is 6.42 Å². The lowest BCUT2D eigenvalue weighted by Crippen LogP contribution is -2.29. The monoisotopic (exact) mass is 373 g/mol. The van der Waals surface area contributed by atoms with E-state index in [1.165, 1.54) is 30.5 Å². The summed E-state index contributed by atoms with van der Waals surface area (Å²) in [6, 6.07) is 18.7. The second-order valence-electron chi connectivity index (χ2n) is 7.12. The van der Waals surface area contributed by atoms with Crippen molar-refractivity contribution in [3.05, 3.63) is 66.4 Å². The van der Waals surface area contributed by atoms with E-state index in [4.69, 9.17) is 0 Å². The van der Waals surface area contributed by atoms with Gasteiger partial charge in [-0.3, -0.25) is 0 Å². The fourth-order valence-corrected chi connectivity index (χ4v) is 3.62. The van der Waals surface area contributed by atoms with Crippen molar-refractivity contribution in [1.29, 1.82) is 0 Å². The van der Waals surface area contributed by atoms with E-state index in [1.807, 2.05) is 12.1 Å². The van der Waals surface area contributed by atoms with Gasteiger partial charge in [-0.1, -0.05) is 25.1 Å². The lowest BCUT2D eigenvalue weighted by Gasteiger charge is -2.28. The van der Waals surface area contributed by atoms with Gasteiger partial charge in [-0.25, -0.2) is 4.98 Å². The smallest absolute Gasteiger partial charge is 0.229 e. The van der Waals surface area contributed by atoms with Crippen molar-refractivity contribution >= 4 is 28.8 Å². The van der Waals surface area contributed by atoms with Crippen LogP contribution in [0.4, 0.5) is 28.8 Å². The predicted octanol–water partition coefficient (Wildman–Crippen LogP) is 5.52. The van der Waals surface area contributed by atoms with Crippen LogP contribution < -0.4 is 15.5 Å². The van der Waals surface area contributed by atoms with E-state index >= 15 is 0 Å². The first-order valence-corrected chi connectivity index (χ1v) is 10.1. The molecule has 1 fully saturated rings. The Morgan fingerprint density at radius 1 is 0.893 bits per heavy atom. The van der Waals surface area contributed by atoms with Gasteiger partial charge in [0.05, 0.1) is 0 Å². The van der Waals surface area contributed by atoms with Crippen LogP contribution in [0, 0.1) is 0 Å². The minimum absolute atomic E-state index is 0.593. The van der Waals surface area contributed by atoms with Crippen LogP contribution in [0.1, 0.15) is 31.7 Å². The minimum atomic E-state index is 0.593. The van der Waals surface area contributed by atoms with Gasteiger partial charge in [-0.2, -0.15) is 4.98 Å². The molecule has 0 unspecified atom stereocenters. The van der Waals surface area contributed by atoms with Gasteiger partial charge < -0.3 is 15.5 Å². The molecule has 3 aromatic rings. The van der Waals surface area contributed by atoms with Crippen LogP contribution in [0.15, 0.2) is 60.8 Å². The third-order valence-corrected chi connectivity index (χ3v) is 5.16. The van der Waals surface area contributed by atoms with Crippen LogP contribution in [0.2, 0.25) is 0 Å². The van der Waals surface area contributed by atoms with Gasteiger partial charge in [-0.05, 0) is 67.6 Å². The highest BCUT2D eigenvalue weighted by molar-refractivity contribution is 5.63. The summed E-state index contributed by atoms with van der Waals surface area (Å²) in [6.45, 7) is 4.47. The van der Waals surface area contributed by atoms with Gasteiger partial charge in [-0.15, -0.1) is 0 Å². The van der Waals surface area contributed by atoms with Gasteiger partial charge in [0.15, 0.2) is 0 Å². The van der Waals surface area contributed by atoms with Crippen molar-refractivity contribution in [2.75, 3.05) is 28.6 Å². The number of rotatable bonds is 6. The maximum Gasteiger partial charge on any atom is 0.229 e. The first-order valence-electron chi connectivity index (χ1n) is 10.1. The third kappa shape index (κ3) is 4.42. The Morgan fingerprint density at radius 2 is 1.68 bits per heavy atom. The van der Waals surface area contributed by atoms with Crippen molar-refractivity contribution in [2.24, 2.45) is 0 Å². The summed E-state index contributed by atoms with van der Waals surface area (Å²) in [7, 11) is 0. The number of hydrogen-bond donors (Lipinski definition) is 2. The molecule has 1 saturated heterocycles. The number of piperidine rings is 1. The zero-order chi connectivity index (χ0) is 19.2. The molecule has 0 aliphatic carbocycles. The van der Waals surface area contributed by atoms with E-state index in [9.17, 15) is 0 Å². The Labute approximate surface area is 166 Å². The summed E-state index contributed by atoms with van der Waals surface area (Å²) < 4.78 is 0. The molecule has 0 bridgehead atoms. The molecular weight excluding hydrogens is 346 g/mol. The summed E-state index contributed by atoms with van der Waals surface area (Å²) in [5.41, 5.74) is 4.62. The van der Waals surface area contributed by atoms with Gasteiger partial charge in [0.25, 0.3) is 0 Å². The lowest BCUT2D eigenvalue weighted by molar-refractivity contribution is 0.578. The molecule has 2 aromatic carbocycles. The summed E-state index contributed by atoms with van der Waals surface area (Å²) >= 11 is 0. The Kier molecular flexibility index (Phi) is 5.71. The van der Waals surface area contributed by atoms with Crippen molar-refractivity contribution < 1.29 is 0 Å². The van der Waals surface area contributed by atoms with E-state index in [0.717, 1.165) is 36.7 Å². The van der Waals surface area contributed by atoms with Gasteiger partial charge in [0.1, 0.15) is 5.82 Å². The van der Waals surface area contributed by atoms with Gasteiger partial charge in [0, 0.05) is 36.3 Å². The molecule has 4 rings (SSSR count). The number of aromatic nitrogens is 2. The number of benzene rings is 2. The maximum absolute atomic E-state index is 4.61. The molecule has 5 nitrogen and oxygen atoms in total. The fraction of sp³-hybridized carbons (Fsp3) is 0.304.